The van der Waals surface area contributed by atoms with Crippen LogP contribution in [-0.4, -0.2) is 16.9 Å². The maximum absolute atomic E-state index is 11.7. The first-order chi connectivity index (χ1) is 8.29. The van der Waals surface area contributed by atoms with Crippen LogP contribution in [0.5, 0.6) is 0 Å². The minimum Gasteiger partial charge on any atom is -0.350 e. The SMILES string of the molecule is Cc1ccc(C=CC(=O)NC(C)C(C)(C)C)cn1. The third-order valence-corrected chi connectivity index (χ3v) is 3.02. The van der Waals surface area contributed by atoms with Gasteiger partial charge in [0, 0.05) is 24.0 Å². The first-order valence-electron chi connectivity index (χ1n) is 6.20. The van der Waals surface area contributed by atoms with Crippen molar-refractivity contribution in [2.45, 2.75) is 40.7 Å². The van der Waals surface area contributed by atoms with Crippen LogP contribution in [0.2, 0.25) is 0 Å². The van der Waals surface area contributed by atoms with Gasteiger partial charge < -0.3 is 5.32 Å². The number of hydrogen-bond acceptors (Lipinski definition) is 2. The van der Waals surface area contributed by atoms with Crippen molar-refractivity contribution in [1.29, 1.82) is 0 Å². The van der Waals surface area contributed by atoms with Crippen LogP contribution < -0.4 is 5.32 Å². The highest BCUT2D eigenvalue weighted by molar-refractivity contribution is 5.91. The molecular weight excluding hydrogens is 224 g/mol. The largest absolute Gasteiger partial charge is 0.350 e. The van der Waals surface area contributed by atoms with Crippen molar-refractivity contribution >= 4 is 12.0 Å². The van der Waals surface area contributed by atoms with Crippen LogP contribution in [0.15, 0.2) is 24.4 Å². The third-order valence-electron chi connectivity index (χ3n) is 3.02. The zero-order chi connectivity index (χ0) is 13.8. The van der Waals surface area contributed by atoms with Crippen LogP contribution in [0.4, 0.5) is 0 Å². The molecule has 0 aromatic carbocycles. The molecule has 0 aliphatic rings. The summed E-state index contributed by atoms with van der Waals surface area (Å²) in [5, 5.41) is 2.96. The van der Waals surface area contributed by atoms with E-state index in [2.05, 4.69) is 31.1 Å². The highest BCUT2D eigenvalue weighted by atomic mass is 16.1. The maximum Gasteiger partial charge on any atom is 0.244 e. The van der Waals surface area contributed by atoms with Crippen molar-refractivity contribution in [2.75, 3.05) is 0 Å². The molecule has 3 heteroatoms. The highest BCUT2D eigenvalue weighted by Gasteiger charge is 2.20. The van der Waals surface area contributed by atoms with E-state index in [1.807, 2.05) is 26.0 Å². The molecule has 1 atom stereocenters. The zero-order valence-corrected chi connectivity index (χ0v) is 11.8. The Morgan fingerprint density at radius 1 is 1.39 bits per heavy atom. The van der Waals surface area contributed by atoms with E-state index < -0.39 is 0 Å². The molecule has 18 heavy (non-hydrogen) atoms. The summed E-state index contributed by atoms with van der Waals surface area (Å²) < 4.78 is 0. The number of nitrogens with one attached hydrogen (secondary N) is 1. The van der Waals surface area contributed by atoms with Gasteiger partial charge in [0.05, 0.1) is 0 Å². The van der Waals surface area contributed by atoms with Crippen LogP contribution in [0, 0.1) is 12.3 Å². The van der Waals surface area contributed by atoms with E-state index in [9.17, 15) is 4.79 Å². The lowest BCUT2D eigenvalue weighted by Gasteiger charge is -2.27. The van der Waals surface area contributed by atoms with E-state index in [4.69, 9.17) is 0 Å². The van der Waals surface area contributed by atoms with Gasteiger partial charge in [-0.25, -0.2) is 0 Å². The Hall–Kier alpha value is -1.64. The Morgan fingerprint density at radius 2 is 2.06 bits per heavy atom. The molecule has 1 aromatic heterocycles. The van der Waals surface area contributed by atoms with Gasteiger partial charge in [0.15, 0.2) is 0 Å². The Bertz CT molecular complexity index is 427. The molecule has 0 saturated heterocycles. The molecular formula is C15H22N2O. The van der Waals surface area contributed by atoms with Gasteiger partial charge >= 0.3 is 0 Å². The molecule has 98 valence electrons. The van der Waals surface area contributed by atoms with E-state index in [0.717, 1.165) is 11.3 Å². The second-order valence-electron chi connectivity index (χ2n) is 5.66. The van der Waals surface area contributed by atoms with Gasteiger partial charge in [0.25, 0.3) is 0 Å². The third kappa shape index (κ3) is 4.70. The van der Waals surface area contributed by atoms with Crippen LogP contribution in [0.1, 0.15) is 39.0 Å². The van der Waals surface area contributed by atoms with Crippen molar-refractivity contribution in [3.8, 4) is 0 Å². The number of amides is 1. The minimum atomic E-state index is -0.0713. The van der Waals surface area contributed by atoms with Gasteiger partial charge in [-0.2, -0.15) is 0 Å². The zero-order valence-electron chi connectivity index (χ0n) is 11.8. The van der Waals surface area contributed by atoms with E-state index >= 15 is 0 Å². The Kier molecular flexibility index (Phi) is 4.65. The number of aromatic nitrogens is 1. The summed E-state index contributed by atoms with van der Waals surface area (Å²) in [6.07, 6.45) is 5.08. The fraction of sp³-hybridized carbons (Fsp3) is 0.467. The molecule has 1 unspecified atom stereocenters. The topological polar surface area (TPSA) is 42.0 Å². The van der Waals surface area contributed by atoms with Crippen LogP contribution in [0.25, 0.3) is 6.08 Å². The molecule has 0 aliphatic heterocycles. The lowest BCUT2D eigenvalue weighted by Crippen LogP contribution is -2.40. The monoisotopic (exact) mass is 246 g/mol. The van der Waals surface area contributed by atoms with Crippen molar-refractivity contribution in [1.82, 2.24) is 10.3 Å². The quantitative estimate of drug-likeness (QED) is 0.833. The molecule has 1 heterocycles. The molecule has 1 aromatic rings. The van der Waals surface area contributed by atoms with Crippen molar-refractivity contribution < 1.29 is 4.79 Å². The normalized spacial score (nSPS) is 13.6. The summed E-state index contributed by atoms with van der Waals surface area (Å²) in [5.41, 5.74) is 1.96. The Labute approximate surface area is 109 Å². The standard InChI is InChI=1S/C15H22N2O/c1-11-6-7-13(10-16-11)8-9-14(18)17-12(2)15(3,4)5/h6-10,12H,1-5H3,(H,17,18). The van der Waals surface area contributed by atoms with Gasteiger partial charge in [0.2, 0.25) is 5.91 Å². The molecule has 1 rings (SSSR count). The molecule has 0 radical (unpaired) electrons. The summed E-state index contributed by atoms with van der Waals surface area (Å²) >= 11 is 0. The van der Waals surface area contributed by atoms with Gasteiger partial charge in [-0.3, -0.25) is 9.78 Å². The fourth-order valence-corrected chi connectivity index (χ4v) is 1.23. The number of carbonyl (C=O) groups is 1. The molecule has 0 fully saturated rings. The number of nitrogens with zero attached hydrogens (tertiary/aromatic N) is 1. The van der Waals surface area contributed by atoms with E-state index in [1.165, 1.54) is 0 Å². The molecule has 3 nitrogen and oxygen atoms in total. The molecule has 0 aliphatic carbocycles. The van der Waals surface area contributed by atoms with Crippen LogP contribution in [0.3, 0.4) is 0 Å². The Morgan fingerprint density at radius 3 is 2.56 bits per heavy atom. The second kappa shape index (κ2) is 5.80. The second-order valence-corrected chi connectivity index (χ2v) is 5.66. The van der Waals surface area contributed by atoms with E-state index in [-0.39, 0.29) is 17.4 Å². The summed E-state index contributed by atoms with van der Waals surface area (Å²) in [4.78, 5) is 15.9. The minimum absolute atomic E-state index is 0.0644. The average molecular weight is 246 g/mol. The molecule has 0 bridgehead atoms. The summed E-state index contributed by atoms with van der Waals surface area (Å²) in [7, 11) is 0. The number of aryl methyl sites for hydroxylation is 1. The predicted molar refractivity (Wildman–Crippen MR) is 75.1 cm³/mol. The summed E-state index contributed by atoms with van der Waals surface area (Å²) in [5.74, 6) is -0.0713. The highest BCUT2D eigenvalue weighted by Crippen LogP contribution is 2.18. The van der Waals surface area contributed by atoms with Crippen LogP contribution in [-0.2, 0) is 4.79 Å². The number of pyridine rings is 1. The Balaban J connectivity index is 2.57. The van der Waals surface area contributed by atoms with Gasteiger partial charge in [-0.15, -0.1) is 0 Å². The number of carbonyl (C=O) groups excluding carboxylic acids is 1. The number of hydrogen-bond donors (Lipinski definition) is 1. The average Bonchev–Trinajstić information content (AvgIpc) is 2.27. The molecule has 1 N–H and O–H groups in total. The predicted octanol–water partition coefficient (Wildman–Crippen LogP) is 2.95. The first-order valence-corrected chi connectivity index (χ1v) is 6.20. The lowest BCUT2D eigenvalue weighted by molar-refractivity contribution is -0.117. The van der Waals surface area contributed by atoms with Crippen LogP contribution >= 0.6 is 0 Å². The number of rotatable bonds is 3. The summed E-state index contributed by atoms with van der Waals surface area (Å²) in [6, 6.07) is 4.00. The van der Waals surface area contributed by atoms with Crippen molar-refractivity contribution in [2.24, 2.45) is 5.41 Å². The molecule has 0 spiro atoms. The molecule has 1 amide bonds. The van der Waals surface area contributed by atoms with Crippen molar-refractivity contribution in [3.63, 3.8) is 0 Å². The molecule has 0 saturated carbocycles. The van der Waals surface area contributed by atoms with Gasteiger partial charge in [0.1, 0.15) is 0 Å². The fourth-order valence-electron chi connectivity index (χ4n) is 1.23. The summed E-state index contributed by atoms with van der Waals surface area (Å²) in [6.45, 7) is 10.3. The van der Waals surface area contributed by atoms with Gasteiger partial charge in [-0.1, -0.05) is 26.8 Å². The maximum atomic E-state index is 11.7. The van der Waals surface area contributed by atoms with E-state index in [0.29, 0.717) is 0 Å². The smallest absolute Gasteiger partial charge is 0.244 e. The van der Waals surface area contributed by atoms with E-state index in [1.54, 1.807) is 18.3 Å². The first kappa shape index (κ1) is 14.4. The van der Waals surface area contributed by atoms with Gasteiger partial charge in [-0.05, 0) is 37.0 Å². The lowest BCUT2D eigenvalue weighted by atomic mass is 9.88. The van der Waals surface area contributed by atoms with Crippen molar-refractivity contribution in [3.05, 3.63) is 35.7 Å².